The minimum absolute atomic E-state index is 0.109. The summed E-state index contributed by atoms with van der Waals surface area (Å²) in [5, 5.41) is 8.36. The number of rotatable bonds is 3. The van der Waals surface area contributed by atoms with Crippen LogP contribution in [0.4, 0.5) is 0 Å². The van der Waals surface area contributed by atoms with Crippen LogP contribution in [0, 0.1) is 5.92 Å². The van der Waals surface area contributed by atoms with Crippen molar-refractivity contribution in [3.8, 4) is 0 Å². The van der Waals surface area contributed by atoms with Gasteiger partial charge in [0.2, 0.25) is 0 Å². The first-order valence-corrected chi connectivity index (χ1v) is 8.86. The Morgan fingerprint density at radius 2 is 2.12 bits per heavy atom. The molecule has 0 amide bonds. The number of hydrogen-bond acceptors (Lipinski definition) is 5. The Labute approximate surface area is 145 Å². The van der Waals surface area contributed by atoms with Gasteiger partial charge >= 0.3 is 11.9 Å². The summed E-state index contributed by atoms with van der Waals surface area (Å²) < 4.78 is 4.89. The van der Waals surface area contributed by atoms with Gasteiger partial charge in [0.25, 0.3) is 0 Å². The molecule has 5 nitrogen and oxygen atoms in total. The first-order valence-electron chi connectivity index (χ1n) is 7.88. The monoisotopic (exact) mass is 348 g/mol. The Morgan fingerprint density at radius 1 is 1.38 bits per heavy atom. The average molecular weight is 348 g/mol. The first kappa shape index (κ1) is 18.3. The van der Waals surface area contributed by atoms with Crippen molar-refractivity contribution in [1.29, 1.82) is 0 Å². The molecular weight excluding hydrogens is 328 g/mol. The maximum absolute atomic E-state index is 11.3. The van der Waals surface area contributed by atoms with Crippen LogP contribution >= 0.6 is 11.8 Å². The molecule has 1 fully saturated rings. The topological polar surface area (TPSA) is 80.7 Å². The summed E-state index contributed by atoms with van der Waals surface area (Å²) in [6, 6.07) is 8.12. The zero-order chi connectivity index (χ0) is 17.5. The largest absolute Gasteiger partial charge is 0.481 e. The molecule has 1 N–H and O–H groups in total. The highest BCUT2D eigenvalue weighted by Gasteiger charge is 2.30. The highest BCUT2D eigenvalue weighted by molar-refractivity contribution is 8.00. The number of carboxylic acid groups (broad SMARTS) is 1. The molecular formula is C18H20O5S. The lowest BCUT2D eigenvalue weighted by atomic mass is 10.1. The van der Waals surface area contributed by atoms with E-state index in [2.05, 4.69) is 6.07 Å². The molecule has 1 aliphatic heterocycles. The van der Waals surface area contributed by atoms with E-state index in [4.69, 9.17) is 9.84 Å². The van der Waals surface area contributed by atoms with E-state index >= 15 is 0 Å². The van der Waals surface area contributed by atoms with E-state index in [9.17, 15) is 14.4 Å². The first-order chi connectivity index (χ1) is 11.5. The number of fused-ring (bicyclic) bond motifs is 1. The van der Waals surface area contributed by atoms with Crippen molar-refractivity contribution in [2.45, 2.75) is 31.1 Å². The molecule has 0 spiro atoms. The fourth-order valence-electron chi connectivity index (χ4n) is 2.61. The van der Waals surface area contributed by atoms with E-state index in [0.29, 0.717) is 19.4 Å². The van der Waals surface area contributed by atoms with Crippen molar-refractivity contribution >= 4 is 35.1 Å². The number of esters is 1. The Morgan fingerprint density at radius 3 is 2.71 bits per heavy atom. The second kappa shape index (κ2) is 8.68. The lowest BCUT2D eigenvalue weighted by molar-refractivity contribution is -0.145. The van der Waals surface area contributed by atoms with Crippen LogP contribution < -0.4 is 0 Å². The van der Waals surface area contributed by atoms with Crippen molar-refractivity contribution in [2.24, 2.45) is 5.92 Å². The number of ether oxygens (including phenoxy) is 1. The highest BCUT2D eigenvalue weighted by atomic mass is 32.2. The van der Waals surface area contributed by atoms with Crippen molar-refractivity contribution < 1.29 is 24.2 Å². The lowest BCUT2D eigenvalue weighted by Gasteiger charge is -1.99. The van der Waals surface area contributed by atoms with E-state index < -0.39 is 11.9 Å². The van der Waals surface area contributed by atoms with Crippen LogP contribution in [-0.2, 0) is 19.1 Å². The molecule has 1 unspecified atom stereocenters. The Kier molecular flexibility index (Phi) is 6.61. The standard InChI is InChI=1S/C12H12O2S.C6H8O3/c1-2-14-12(13)7-9-8-15-11-6-4-3-5-10(9)11;7-5-3-1-2-4(5)6(8)9/h3-7H,2,8H2,1H3;4H,1-3H2,(H,8,9). The van der Waals surface area contributed by atoms with Gasteiger partial charge in [-0.25, -0.2) is 4.79 Å². The number of carbonyl (C=O) groups is 3. The second-order valence-corrected chi connectivity index (χ2v) is 6.47. The smallest absolute Gasteiger partial charge is 0.331 e. The number of Topliss-reactive ketones (excluding diaryl/α,β-unsaturated/α-hetero) is 1. The molecule has 0 aromatic heterocycles. The van der Waals surface area contributed by atoms with Gasteiger partial charge in [0, 0.05) is 23.1 Å². The van der Waals surface area contributed by atoms with Gasteiger partial charge in [0.1, 0.15) is 11.7 Å². The minimum atomic E-state index is -0.961. The summed E-state index contributed by atoms with van der Waals surface area (Å²) in [6.07, 6.45) is 3.34. The summed E-state index contributed by atoms with van der Waals surface area (Å²) in [7, 11) is 0. The van der Waals surface area contributed by atoms with E-state index in [1.54, 1.807) is 17.8 Å². The van der Waals surface area contributed by atoms with E-state index in [1.807, 2.05) is 25.1 Å². The maximum Gasteiger partial charge on any atom is 0.331 e. The highest BCUT2D eigenvalue weighted by Crippen LogP contribution is 2.38. The van der Waals surface area contributed by atoms with Crippen LogP contribution in [-0.4, -0.2) is 35.2 Å². The lowest BCUT2D eigenvalue weighted by Crippen LogP contribution is -2.17. The van der Waals surface area contributed by atoms with Crippen molar-refractivity contribution in [2.75, 3.05) is 12.4 Å². The molecule has 3 rings (SSSR count). The van der Waals surface area contributed by atoms with Crippen molar-refractivity contribution in [1.82, 2.24) is 0 Å². The van der Waals surface area contributed by atoms with E-state index in [1.165, 1.54) is 4.90 Å². The Bertz CT molecular complexity index is 665. The molecule has 24 heavy (non-hydrogen) atoms. The van der Waals surface area contributed by atoms with Gasteiger partial charge < -0.3 is 9.84 Å². The summed E-state index contributed by atoms with van der Waals surface area (Å²) in [5.41, 5.74) is 2.23. The molecule has 0 saturated heterocycles. The SMILES string of the molecule is CCOC(=O)C=C1CSc2ccccc21.O=C(O)C1CCCC1=O. The average Bonchev–Trinajstić information content (AvgIpc) is 3.15. The fourth-order valence-corrected chi connectivity index (χ4v) is 3.69. The van der Waals surface area contributed by atoms with Crippen LogP contribution in [0.2, 0.25) is 0 Å². The van der Waals surface area contributed by atoms with Gasteiger partial charge in [0.15, 0.2) is 0 Å². The summed E-state index contributed by atoms with van der Waals surface area (Å²) in [5.74, 6) is -1.15. The molecule has 1 saturated carbocycles. The van der Waals surface area contributed by atoms with Crippen LogP contribution in [0.15, 0.2) is 35.2 Å². The normalized spacial score (nSPS) is 20.3. The van der Waals surface area contributed by atoms with Crippen LogP contribution in [0.1, 0.15) is 31.7 Å². The van der Waals surface area contributed by atoms with Crippen molar-refractivity contribution in [3.05, 3.63) is 35.9 Å². The Balaban J connectivity index is 0.000000198. The molecule has 0 radical (unpaired) electrons. The van der Waals surface area contributed by atoms with Gasteiger partial charge in [-0.05, 0) is 37.0 Å². The number of carbonyl (C=O) groups excluding carboxylic acids is 2. The van der Waals surface area contributed by atoms with Crippen LogP contribution in [0.5, 0.6) is 0 Å². The van der Waals surface area contributed by atoms with E-state index in [-0.39, 0.29) is 11.8 Å². The number of thioether (sulfide) groups is 1. The fraction of sp³-hybridized carbons (Fsp3) is 0.389. The number of hydrogen-bond donors (Lipinski definition) is 1. The predicted octanol–water partition coefficient (Wildman–Crippen LogP) is 3.18. The molecule has 1 heterocycles. The number of carboxylic acids is 1. The molecule has 2 aliphatic rings. The number of ketones is 1. The zero-order valence-corrected chi connectivity index (χ0v) is 14.3. The third-order valence-electron chi connectivity index (χ3n) is 3.80. The summed E-state index contributed by atoms with van der Waals surface area (Å²) in [4.78, 5) is 33.4. The summed E-state index contributed by atoms with van der Waals surface area (Å²) >= 11 is 1.76. The maximum atomic E-state index is 11.3. The zero-order valence-electron chi connectivity index (χ0n) is 13.5. The Hall–Kier alpha value is -2.08. The van der Waals surface area contributed by atoms with Gasteiger partial charge in [-0.15, -0.1) is 11.8 Å². The van der Waals surface area contributed by atoms with Crippen LogP contribution in [0.25, 0.3) is 5.57 Å². The van der Waals surface area contributed by atoms with Gasteiger partial charge in [-0.3, -0.25) is 9.59 Å². The molecule has 1 aliphatic carbocycles. The number of benzene rings is 1. The molecule has 1 aromatic rings. The molecule has 0 bridgehead atoms. The predicted molar refractivity (Wildman–Crippen MR) is 91.8 cm³/mol. The van der Waals surface area contributed by atoms with Gasteiger partial charge in [-0.1, -0.05) is 18.2 Å². The summed E-state index contributed by atoms with van der Waals surface area (Å²) in [6.45, 7) is 2.24. The molecule has 1 aromatic carbocycles. The van der Waals surface area contributed by atoms with Crippen LogP contribution in [0.3, 0.4) is 0 Å². The van der Waals surface area contributed by atoms with Crippen molar-refractivity contribution in [3.63, 3.8) is 0 Å². The molecule has 6 heteroatoms. The number of aliphatic carboxylic acids is 1. The third kappa shape index (κ3) is 4.71. The third-order valence-corrected chi connectivity index (χ3v) is 4.92. The van der Waals surface area contributed by atoms with Gasteiger partial charge in [0.05, 0.1) is 6.61 Å². The second-order valence-electron chi connectivity index (χ2n) is 5.46. The quantitative estimate of drug-likeness (QED) is 0.513. The van der Waals surface area contributed by atoms with Gasteiger partial charge in [-0.2, -0.15) is 0 Å². The minimum Gasteiger partial charge on any atom is -0.481 e. The molecule has 128 valence electrons. The van der Waals surface area contributed by atoms with E-state index in [0.717, 1.165) is 23.3 Å². The molecule has 1 atom stereocenters.